The van der Waals surface area contributed by atoms with Gasteiger partial charge in [-0.2, -0.15) is 4.31 Å². The van der Waals surface area contributed by atoms with Gasteiger partial charge in [-0.05, 0) is 6.07 Å². The second-order valence-electron chi connectivity index (χ2n) is 3.76. The van der Waals surface area contributed by atoms with Crippen LogP contribution in [0, 0.1) is 10.1 Å². The highest BCUT2D eigenvalue weighted by Crippen LogP contribution is 2.20. The van der Waals surface area contributed by atoms with Gasteiger partial charge in [0.25, 0.3) is 5.69 Å². The number of hydrogen-bond donors (Lipinski definition) is 0. The molecule has 20 heavy (non-hydrogen) atoms. The molecule has 1 aromatic rings. The van der Waals surface area contributed by atoms with Crippen molar-refractivity contribution in [3.8, 4) is 0 Å². The van der Waals surface area contributed by atoms with Gasteiger partial charge >= 0.3 is 5.97 Å². The largest absolute Gasteiger partial charge is 0.468 e. The zero-order valence-electron chi connectivity index (χ0n) is 11.0. The monoisotopic (exact) mass is 302 g/mol. The second-order valence-corrected chi connectivity index (χ2v) is 5.70. The standard InChI is InChI=1S/C11H14N2O6S/c1-3-12(8-11(14)19-2)20(17,18)10-6-4-5-9(7-10)13(15)16/h4-7H,3,8H2,1-2H3. The fraction of sp³-hybridized carbons (Fsp3) is 0.364. The molecule has 0 aliphatic rings. The smallest absolute Gasteiger partial charge is 0.321 e. The van der Waals surface area contributed by atoms with Crippen molar-refractivity contribution in [2.45, 2.75) is 11.8 Å². The molecular formula is C11H14N2O6S. The molecule has 0 heterocycles. The molecule has 0 bridgehead atoms. The minimum absolute atomic E-state index is 0.0418. The Bertz CT molecular complexity index is 613. The lowest BCUT2D eigenvalue weighted by molar-refractivity contribution is -0.385. The molecule has 0 amide bonds. The minimum Gasteiger partial charge on any atom is -0.468 e. The number of ether oxygens (including phenoxy) is 1. The summed E-state index contributed by atoms with van der Waals surface area (Å²) < 4.78 is 29.9. The van der Waals surface area contributed by atoms with Crippen molar-refractivity contribution in [1.82, 2.24) is 4.31 Å². The molecule has 0 N–H and O–H groups in total. The van der Waals surface area contributed by atoms with Gasteiger partial charge in [-0.3, -0.25) is 14.9 Å². The van der Waals surface area contributed by atoms with Crippen molar-refractivity contribution in [2.24, 2.45) is 0 Å². The van der Waals surface area contributed by atoms with E-state index in [4.69, 9.17) is 0 Å². The number of carbonyl (C=O) groups excluding carboxylic acids is 1. The number of esters is 1. The highest BCUT2D eigenvalue weighted by molar-refractivity contribution is 7.89. The Labute approximate surface area is 116 Å². The van der Waals surface area contributed by atoms with Gasteiger partial charge in [0, 0.05) is 18.7 Å². The summed E-state index contributed by atoms with van der Waals surface area (Å²) in [6.45, 7) is 1.15. The van der Waals surface area contributed by atoms with Gasteiger partial charge in [0.2, 0.25) is 10.0 Å². The van der Waals surface area contributed by atoms with Gasteiger partial charge in [0.1, 0.15) is 6.54 Å². The Balaban J connectivity index is 3.17. The molecule has 0 saturated carbocycles. The quantitative estimate of drug-likeness (QED) is 0.436. The predicted molar refractivity (Wildman–Crippen MR) is 69.5 cm³/mol. The van der Waals surface area contributed by atoms with Crippen LogP contribution in [0.15, 0.2) is 29.2 Å². The second kappa shape index (κ2) is 6.44. The van der Waals surface area contributed by atoms with E-state index in [9.17, 15) is 23.3 Å². The third-order valence-electron chi connectivity index (χ3n) is 2.55. The topological polar surface area (TPSA) is 107 Å². The number of carbonyl (C=O) groups is 1. The van der Waals surface area contributed by atoms with E-state index in [0.29, 0.717) is 0 Å². The van der Waals surface area contributed by atoms with Crippen LogP contribution in [0.3, 0.4) is 0 Å². The van der Waals surface area contributed by atoms with Crippen molar-refractivity contribution in [3.63, 3.8) is 0 Å². The molecule has 110 valence electrons. The van der Waals surface area contributed by atoms with Gasteiger partial charge in [-0.25, -0.2) is 8.42 Å². The zero-order chi connectivity index (χ0) is 15.3. The highest BCUT2D eigenvalue weighted by Gasteiger charge is 2.26. The Morgan fingerprint density at radius 2 is 2.10 bits per heavy atom. The number of hydrogen-bond acceptors (Lipinski definition) is 6. The number of nitro groups is 1. The number of sulfonamides is 1. The number of methoxy groups -OCH3 is 1. The van der Waals surface area contributed by atoms with E-state index in [0.717, 1.165) is 17.5 Å². The van der Waals surface area contributed by atoms with Gasteiger partial charge in [0.15, 0.2) is 0 Å². The molecule has 0 saturated heterocycles. The fourth-order valence-corrected chi connectivity index (χ4v) is 2.92. The molecule has 0 aromatic heterocycles. The van der Waals surface area contributed by atoms with Crippen LogP contribution in [-0.4, -0.2) is 43.8 Å². The zero-order valence-corrected chi connectivity index (χ0v) is 11.8. The Morgan fingerprint density at radius 3 is 2.60 bits per heavy atom. The number of rotatable bonds is 6. The lowest BCUT2D eigenvalue weighted by Gasteiger charge is -2.18. The summed E-state index contributed by atoms with van der Waals surface area (Å²) in [7, 11) is -2.84. The Hall–Kier alpha value is -2.00. The van der Waals surface area contributed by atoms with Crippen molar-refractivity contribution < 1.29 is 22.9 Å². The average Bonchev–Trinajstić information content (AvgIpc) is 2.44. The summed E-state index contributed by atoms with van der Waals surface area (Å²) in [5.41, 5.74) is -0.333. The number of likely N-dealkylation sites (N-methyl/N-ethyl adjacent to an activating group) is 1. The molecule has 1 aromatic carbocycles. The molecule has 0 fully saturated rings. The van der Waals surface area contributed by atoms with Crippen LogP contribution in [-0.2, 0) is 19.6 Å². The molecular weight excluding hydrogens is 288 g/mol. The van der Waals surface area contributed by atoms with Gasteiger partial charge in [-0.15, -0.1) is 0 Å². The Morgan fingerprint density at radius 1 is 1.45 bits per heavy atom. The van der Waals surface area contributed by atoms with Crippen LogP contribution in [0.2, 0.25) is 0 Å². The van der Waals surface area contributed by atoms with Crippen molar-refractivity contribution >= 4 is 21.7 Å². The summed E-state index contributed by atoms with van der Waals surface area (Å²) >= 11 is 0. The van der Waals surface area contributed by atoms with E-state index < -0.39 is 27.5 Å². The lowest BCUT2D eigenvalue weighted by Crippen LogP contribution is -2.36. The maximum absolute atomic E-state index is 12.3. The van der Waals surface area contributed by atoms with Crippen molar-refractivity contribution in [1.29, 1.82) is 0 Å². The summed E-state index contributed by atoms with van der Waals surface area (Å²) in [5, 5.41) is 10.7. The number of nitrogens with zero attached hydrogens (tertiary/aromatic N) is 2. The third-order valence-corrected chi connectivity index (χ3v) is 4.47. The lowest BCUT2D eigenvalue weighted by atomic mass is 10.3. The third kappa shape index (κ3) is 3.52. The summed E-state index contributed by atoms with van der Waals surface area (Å²) in [6.07, 6.45) is 0. The maximum Gasteiger partial charge on any atom is 0.321 e. The van der Waals surface area contributed by atoms with E-state index in [1.807, 2.05) is 0 Å². The highest BCUT2D eigenvalue weighted by atomic mass is 32.2. The fourth-order valence-electron chi connectivity index (χ4n) is 1.48. The van der Waals surface area contributed by atoms with Gasteiger partial charge in [0.05, 0.1) is 16.9 Å². The Kier molecular flexibility index (Phi) is 5.17. The predicted octanol–water partition coefficient (Wildman–Crippen LogP) is 0.778. The van der Waals surface area contributed by atoms with Crippen molar-refractivity contribution in [3.05, 3.63) is 34.4 Å². The summed E-state index contributed by atoms with van der Waals surface area (Å²) in [5.74, 6) is -0.708. The first-order chi connectivity index (χ1) is 9.32. The first-order valence-electron chi connectivity index (χ1n) is 5.64. The van der Waals surface area contributed by atoms with E-state index in [2.05, 4.69) is 4.74 Å². The molecule has 0 atom stereocenters. The summed E-state index contributed by atoms with van der Waals surface area (Å²) in [6, 6.07) is 4.66. The molecule has 0 spiro atoms. The van der Waals surface area contributed by atoms with E-state index in [-0.39, 0.29) is 17.1 Å². The van der Waals surface area contributed by atoms with Gasteiger partial charge in [-0.1, -0.05) is 13.0 Å². The van der Waals surface area contributed by atoms with E-state index in [1.54, 1.807) is 6.92 Å². The SMILES string of the molecule is CCN(CC(=O)OC)S(=O)(=O)c1cccc([N+](=O)[O-])c1. The number of benzene rings is 1. The molecule has 1 rings (SSSR count). The van der Waals surface area contributed by atoms with E-state index >= 15 is 0 Å². The molecule has 9 heteroatoms. The van der Waals surface area contributed by atoms with Crippen molar-refractivity contribution in [2.75, 3.05) is 20.2 Å². The van der Waals surface area contributed by atoms with Crippen LogP contribution in [0.25, 0.3) is 0 Å². The summed E-state index contributed by atoms with van der Waals surface area (Å²) in [4.78, 5) is 20.9. The van der Waals surface area contributed by atoms with Crippen LogP contribution in [0.4, 0.5) is 5.69 Å². The van der Waals surface area contributed by atoms with Crippen LogP contribution in [0.5, 0.6) is 0 Å². The molecule has 0 unspecified atom stereocenters. The molecule has 0 aliphatic heterocycles. The maximum atomic E-state index is 12.3. The first kappa shape index (κ1) is 16.1. The van der Waals surface area contributed by atoms with Gasteiger partial charge < -0.3 is 4.74 Å². The molecule has 0 aliphatic carbocycles. The van der Waals surface area contributed by atoms with Crippen LogP contribution >= 0.6 is 0 Å². The first-order valence-corrected chi connectivity index (χ1v) is 7.08. The number of nitro benzene ring substituents is 1. The van der Waals surface area contributed by atoms with Crippen LogP contribution < -0.4 is 0 Å². The minimum atomic E-state index is -3.98. The molecule has 8 nitrogen and oxygen atoms in total. The average molecular weight is 302 g/mol. The van der Waals surface area contributed by atoms with Crippen LogP contribution in [0.1, 0.15) is 6.92 Å². The molecule has 0 radical (unpaired) electrons. The number of non-ortho nitro benzene ring substituents is 1. The van der Waals surface area contributed by atoms with E-state index in [1.165, 1.54) is 18.2 Å². The normalized spacial score (nSPS) is 11.3.